The molecule has 0 atom stereocenters. The zero-order valence-electron chi connectivity index (χ0n) is 20.6. The lowest BCUT2D eigenvalue weighted by Gasteiger charge is -2.15. The summed E-state index contributed by atoms with van der Waals surface area (Å²) in [6, 6.07) is 23.8. The first-order valence-electron chi connectivity index (χ1n) is 11.9. The van der Waals surface area contributed by atoms with Crippen LogP contribution in [-0.4, -0.2) is 26.0 Å². The number of aromatic hydroxyl groups is 1. The molecule has 0 aliphatic rings. The van der Waals surface area contributed by atoms with E-state index < -0.39 is 0 Å². The van der Waals surface area contributed by atoms with Gasteiger partial charge in [0.05, 0.1) is 11.1 Å². The van der Waals surface area contributed by atoms with Crippen LogP contribution in [0.2, 0.25) is 0 Å². The number of anilines is 3. The van der Waals surface area contributed by atoms with Crippen LogP contribution in [-0.2, 0) is 0 Å². The third kappa shape index (κ3) is 5.95. The molecule has 0 spiro atoms. The van der Waals surface area contributed by atoms with Crippen molar-refractivity contribution < 1.29 is 9.90 Å². The van der Waals surface area contributed by atoms with Crippen LogP contribution in [0, 0.1) is 0 Å². The van der Waals surface area contributed by atoms with Crippen LogP contribution < -0.4 is 10.6 Å². The Morgan fingerprint density at radius 2 is 1.79 bits per heavy atom. The topological polar surface area (TPSA) is 100 Å². The van der Waals surface area contributed by atoms with E-state index in [9.17, 15) is 9.90 Å². The number of amides is 1. The zero-order valence-corrected chi connectivity index (χ0v) is 23.0. The molecule has 0 saturated carbocycles. The van der Waals surface area contributed by atoms with E-state index in [1.807, 2.05) is 48.5 Å². The number of nitrogens with zero attached hydrogens (tertiary/aromatic N) is 3. The molecule has 3 N–H and O–H groups in total. The van der Waals surface area contributed by atoms with Gasteiger partial charge in [0.15, 0.2) is 5.65 Å². The summed E-state index contributed by atoms with van der Waals surface area (Å²) in [7, 11) is 0. The maximum absolute atomic E-state index is 13.1. The molecule has 0 bridgehead atoms. The lowest BCUT2D eigenvalue weighted by Crippen LogP contribution is -2.12. The Morgan fingerprint density at radius 3 is 2.55 bits per heavy atom. The highest BCUT2D eigenvalue weighted by atomic mass is 79.9. The number of phenols is 1. The van der Waals surface area contributed by atoms with Crippen LogP contribution >= 0.6 is 27.7 Å². The van der Waals surface area contributed by atoms with Crippen molar-refractivity contribution in [3.8, 4) is 5.75 Å². The Kier molecular flexibility index (Phi) is 7.57. The van der Waals surface area contributed by atoms with Gasteiger partial charge in [-0.1, -0.05) is 47.6 Å². The van der Waals surface area contributed by atoms with Crippen LogP contribution in [0.3, 0.4) is 0 Å². The number of pyridine rings is 1. The van der Waals surface area contributed by atoms with Crippen molar-refractivity contribution in [3.63, 3.8) is 0 Å². The third-order valence-electron chi connectivity index (χ3n) is 5.75. The SMILES string of the molecule is CC(C)c1ccc2c(Nc3cc(C(=O)Nc4ccc(Br)cc4)ccc3Sc3cccc(O)c3)ncnc2n1. The molecule has 2 aromatic heterocycles. The number of aromatic nitrogens is 3. The molecule has 0 aliphatic heterocycles. The van der Waals surface area contributed by atoms with Crippen molar-refractivity contribution >= 4 is 61.8 Å². The number of benzene rings is 3. The van der Waals surface area contributed by atoms with Gasteiger partial charge in [-0.15, -0.1) is 0 Å². The number of hydrogen-bond acceptors (Lipinski definition) is 7. The Bertz CT molecular complexity index is 1630. The normalized spacial score (nSPS) is 11.1. The zero-order chi connectivity index (χ0) is 26.6. The molecule has 3 aromatic carbocycles. The predicted molar refractivity (Wildman–Crippen MR) is 155 cm³/mol. The molecule has 9 heteroatoms. The summed E-state index contributed by atoms with van der Waals surface area (Å²) < 4.78 is 0.933. The van der Waals surface area contributed by atoms with E-state index in [0.717, 1.165) is 25.3 Å². The molecule has 1 amide bonds. The monoisotopic (exact) mass is 585 g/mol. The molecule has 0 saturated heterocycles. The van der Waals surface area contributed by atoms with Gasteiger partial charge < -0.3 is 15.7 Å². The molecular weight excluding hydrogens is 562 g/mol. The Balaban J connectivity index is 1.52. The van der Waals surface area contributed by atoms with Crippen molar-refractivity contribution in [2.45, 2.75) is 29.6 Å². The van der Waals surface area contributed by atoms with Gasteiger partial charge in [-0.25, -0.2) is 15.0 Å². The van der Waals surface area contributed by atoms with Gasteiger partial charge in [-0.2, -0.15) is 0 Å². The second kappa shape index (κ2) is 11.2. The second-order valence-corrected chi connectivity index (χ2v) is 10.9. The van der Waals surface area contributed by atoms with Gasteiger partial charge in [-0.3, -0.25) is 4.79 Å². The quantitative estimate of drug-likeness (QED) is 0.179. The molecule has 5 aromatic rings. The molecule has 0 aliphatic carbocycles. The number of hydrogen-bond donors (Lipinski definition) is 3. The smallest absolute Gasteiger partial charge is 0.255 e. The van der Waals surface area contributed by atoms with Crippen LogP contribution in [0.15, 0.2) is 99.5 Å². The lowest BCUT2D eigenvalue weighted by molar-refractivity contribution is 0.102. The fraction of sp³-hybridized carbons (Fsp3) is 0.103. The average Bonchev–Trinajstić information content (AvgIpc) is 2.91. The minimum atomic E-state index is -0.236. The maximum Gasteiger partial charge on any atom is 0.255 e. The number of halogens is 1. The molecule has 5 rings (SSSR count). The Hall–Kier alpha value is -3.95. The van der Waals surface area contributed by atoms with Gasteiger partial charge in [0.2, 0.25) is 0 Å². The van der Waals surface area contributed by atoms with E-state index >= 15 is 0 Å². The summed E-state index contributed by atoms with van der Waals surface area (Å²) in [5.74, 6) is 0.807. The first-order chi connectivity index (χ1) is 18.4. The number of rotatable bonds is 7. The second-order valence-electron chi connectivity index (χ2n) is 8.88. The number of nitrogens with one attached hydrogen (secondary N) is 2. The molecule has 0 fully saturated rings. The van der Waals surface area contributed by atoms with Gasteiger partial charge in [0.25, 0.3) is 5.91 Å². The average molecular weight is 587 g/mol. The first-order valence-corrected chi connectivity index (χ1v) is 13.5. The highest BCUT2D eigenvalue weighted by Gasteiger charge is 2.15. The summed E-state index contributed by atoms with van der Waals surface area (Å²) in [6.45, 7) is 4.18. The maximum atomic E-state index is 13.1. The molecule has 7 nitrogen and oxygen atoms in total. The summed E-state index contributed by atoms with van der Waals surface area (Å²) in [5.41, 5.74) is 3.41. The van der Waals surface area contributed by atoms with Gasteiger partial charge in [0, 0.05) is 31.2 Å². The molecule has 190 valence electrons. The van der Waals surface area contributed by atoms with Gasteiger partial charge >= 0.3 is 0 Å². The largest absolute Gasteiger partial charge is 0.508 e. The van der Waals surface area contributed by atoms with Gasteiger partial charge in [0.1, 0.15) is 17.9 Å². The fourth-order valence-electron chi connectivity index (χ4n) is 3.77. The van der Waals surface area contributed by atoms with Gasteiger partial charge in [-0.05, 0) is 78.7 Å². The van der Waals surface area contributed by atoms with E-state index in [0.29, 0.717) is 28.4 Å². The third-order valence-corrected chi connectivity index (χ3v) is 7.35. The highest BCUT2D eigenvalue weighted by Crippen LogP contribution is 2.37. The highest BCUT2D eigenvalue weighted by molar-refractivity contribution is 9.10. The van der Waals surface area contributed by atoms with E-state index in [1.54, 1.807) is 30.3 Å². The molecular formula is C29H24BrN5O2S. The van der Waals surface area contributed by atoms with Crippen molar-refractivity contribution in [1.82, 2.24) is 15.0 Å². The minimum absolute atomic E-state index is 0.184. The lowest BCUT2D eigenvalue weighted by atomic mass is 10.1. The van der Waals surface area contributed by atoms with E-state index in [4.69, 9.17) is 0 Å². The summed E-state index contributed by atoms with van der Waals surface area (Å²) in [6.07, 6.45) is 1.48. The van der Waals surface area contributed by atoms with E-state index in [-0.39, 0.29) is 17.6 Å². The van der Waals surface area contributed by atoms with E-state index in [2.05, 4.69) is 55.4 Å². The Labute approximate surface area is 232 Å². The predicted octanol–water partition coefficient (Wildman–Crippen LogP) is 7.76. The van der Waals surface area contributed by atoms with Crippen LogP contribution in [0.1, 0.15) is 35.8 Å². The summed E-state index contributed by atoms with van der Waals surface area (Å²) in [4.78, 5) is 28.3. The summed E-state index contributed by atoms with van der Waals surface area (Å²) >= 11 is 4.88. The Morgan fingerprint density at radius 1 is 0.974 bits per heavy atom. The van der Waals surface area contributed by atoms with Crippen LogP contribution in [0.4, 0.5) is 17.2 Å². The van der Waals surface area contributed by atoms with Crippen molar-refractivity contribution in [1.29, 1.82) is 0 Å². The van der Waals surface area contributed by atoms with E-state index in [1.165, 1.54) is 18.1 Å². The molecule has 2 heterocycles. The number of carbonyl (C=O) groups is 1. The number of phenolic OH excluding ortho intramolecular Hbond substituents is 1. The van der Waals surface area contributed by atoms with Crippen LogP contribution in [0.5, 0.6) is 5.75 Å². The number of fused-ring (bicyclic) bond motifs is 1. The molecule has 0 unspecified atom stereocenters. The molecule has 38 heavy (non-hydrogen) atoms. The van der Waals surface area contributed by atoms with Crippen LogP contribution in [0.25, 0.3) is 11.0 Å². The fourth-order valence-corrected chi connectivity index (χ4v) is 4.97. The minimum Gasteiger partial charge on any atom is -0.508 e. The standard InChI is InChI=1S/C29H24BrN5O2S/c1-17(2)24-12-11-23-27(34-24)31-16-32-28(23)35-25-14-18(29(37)33-20-9-7-19(30)8-10-20)6-13-26(25)38-22-5-3-4-21(36)15-22/h3-17,36H,1-2H3,(H,33,37)(H,31,32,34,35). The number of carbonyl (C=O) groups excluding carboxylic acids is 1. The molecule has 0 radical (unpaired) electrons. The van der Waals surface area contributed by atoms with Crippen molar-refractivity contribution in [2.75, 3.05) is 10.6 Å². The summed E-state index contributed by atoms with van der Waals surface area (Å²) in [5, 5.41) is 17.1. The van der Waals surface area contributed by atoms with Crippen molar-refractivity contribution in [2.24, 2.45) is 0 Å². The first kappa shape index (κ1) is 25.7. The van der Waals surface area contributed by atoms with Crippen molar-refractivity contribution in [3.05, 3.63) is 101 Å².